The highest BCUT2D eigenvalue weighted by Gasteiger charge is 2.47. The molecular formula is C18H34O4Si. The molecule has 0 aromatic rings. The number of carbonyl (C=O) groups is 1. The summed E-state index contributed by atoms with van der Waals surface area (Å²) in [5, 5.41) is 0.141. The van der Waals surface area contributed by atoms with E-state index in [-0.39, 0.29) is 28.9 Å². The molecule has 0 aromatic carbocycles. The van der Waals surface area contributed by atoms with Gasteiger partial charge in [0.25, 0.3) is 0 Å². The Kier molecular flexibility index (Phi) is 6.41. The van der Waals surface area contributed by atoms with E-state index in [1.54, 1.807) is 6.08 Å². The van der Waals surface area contributed by atoms with Crippen molar-refractivity contribution in [3.8, 4) is 0 Å². The van der Waals surface area contributed by atoms with Gasteiger partial charge in [-0.1, -0.05) is 33.8 Å². The molecule has 0 amide bonds. The number of hydrogen-bond donors (Lipinski definition) is 0. The Morgan fingerprint density at radius 3 is 2.39 bits per heavy atom. The van der Waals surface area contributed by atoms with Crippen molar-refractivity contribution < 1.29 is 18.7 Å². The van der Waals surface area contributed by atoms with E-state index in [0.29, 0.717) is 13.0 Å². The lowest BCUT2D eigenvalue weighted by Crippen LogP contribution is -2.45. The molecule has 0 N–H and O–H groups in total. The van der Waals surface area contributed by atoms with Crippen LogP contribution in [0, 0.1) is 5.92 Å². The van der Waals surface area contributed by atoms with Crippen LogP contribution in [0.1, 0.15) is 48.0 Å². The Labute approximate surface area is 142 Å². The third-order valence-electron chi connectivity index (χ3n) is 4.98. The molecule has 0 spiro atoms. The first-order valence-corrected chi connectivity index (χ1v) is 11.3. The van der Waals surface area contributed by atoms with Crippen LogP contribution >= 0.6 is 0 Å². The molecule has 134 valence electrons. The summed E-state index contributed by atoms with van der Waals surface area (Å²) in [6.45, 7) is 20.9. The Bertz CT molecular complexity index is 437. The van der Waals surface area contributed by atoms with E-state index in [4.69, 9.17) is 13.9 Å². The van der Waals surface area contributed by atoms with Crippen LogP contribution in [0.5, 0.6) is 0 Å². The van der Waals surface area contributed by atoms with Crippen LogP contribution in [-0.4, -0.2) is 38.7 Å². The fourth-order valence-electron chi connectivity index (χ4n) is 2.43. The quantitative estimate of drug-likeness (QED) is 0.511. The highest BCUT2D eigenvalue weighted by Crippen LogP contribution is 2.38. The lowest BCUT2D eigenvalue weighted by atomic mass is 9.94. The van der Waals surface area contributed by atoms with E-state index in [1.165, 1.54) is 0 Å². The van der Waals surface area contributed by atoms with E-state index in [0.717, 1.165) is 0 Å². The van der Waals surface area contributed by atoms with Crippen LogP contribution < -0.4 is 0 Å². The maximum absolute atomic E-state index is 12.2. The summed E-state index contributed by atoms with van der Waals surface area (Å²) in [7, 11) is -1.86. The second-order valence-corrected chi connectivity index (χ2v) is 13.3. The van der Waals surface area contributed by atoms with Gasteiger partial charge in [-0.25, -0.2) is 0 Å². The molecule has 23 heavy (non-hydrogen) atoms. The van der Waals surface area contributed by atoms with Gasteiger partial charge in [0.2, 0.25) is 0 Å². The average molecular weight is 343 g/mol. The normalized spacial score (nSPS) is 26.1. The smallest absolute Gasteiger partial charge is 0.192 e. The topological polar surface area (TPSA) is 44.8 Å². The Balaban J connectivity index is 2.82. The standard InChI is InChI=1S/C18H34O4Si/c1-10-11-14(19)13(2)16-15(21-18(6,7)22-16)12-20-23(8,9)17(3,4)5/h10,13,15-16H,1,11-12H2,2-9H3/t13-,15-,16+/m0/s1. The number of rotatable bonds is 7. The first-order chi connectivity index (χ1) is 10.3. The molecule has 0 unspecified atom stereocenters. The van der Waals surface area contributed by atoms with Crippen molar-refractivity contribution in [3.05, 3.63) is 12.7 Å². The molecule has 0 radical (unpaired) electrons. The van der Waals surface area contributed by atoms with Crippen LogP contribution in [0.4, 0.5) is 0 Å². The fourth-order valence-corrected chi connectivity index (χ4v) is 3.45. The lowest BCUT2D eigenvalue weighted by Gasteiger charge is -2.37. The van der Waals surface area contributed by atoms with Gasteiger partial charge in [0.05, 0.1) is 12.7 Å². The maximum Gasteiger partial charge on any atom is 0.192 e. The van der Waals surface area contributed by atoms with Crippen molar-refractivity contribution in [1.82, 2.24) is 0 Å². The molecule has 0 bridgehead atoms. The van der Waals surface area contributed by atoms with Crippen molar-refractivity contribution >= 4 is 14.1 Å². The molecule has 4 nitrogen and oxygen atoms in total. The van der Waals surface area contributed by atoms with Crippen molar-refractivity contribution in [3.63, 3.8) is 0 Å². The monoisotopic (exact) mass is 342 g/mol. The number of allylic oxidation sites excluding steroid dienone is 1. The predicted molar refractivity (Wildman–Crippen MR) is 96.0 cm³/mol. The summed E-state index contributed by atoms with van der Waals surface area (Å²) in [5.74, 6) is -0.791. The third kappa shape index (κ3) is 5.24. The molecule has 1 aliphatic heterocycles. The molecule has 1 rings (SSSR count). The number of Topliss-reactive ketones (excluding diaryl/α,β-unsaturated/α-hetero) is 1. The second kappa shape index (κ2) is 7.17. The van der Waals surface area contributed by atoms with E-state index in [1.807, 2.05) is 20.8 Å². The van der Waals surface area contributed by atoms with E-state index in [9.17, 15) is 4.79 Å². The molecule has 0 aliphatic carbocycles. The van der Waals surface area contributed by atoms with Gasteiger partial charge in [0, 0.05) is 12.3 Å². The van der Waals surface area contributed by atoms with Gasteiger partial charge in [0.15, 0.2) is 14.1 Å². The molecule has 5 heteroatoms. The van der Waals surface area contributed by atoms with Crippen LogP contribution in [0.25, 0.3) is 0 Å². The first kappa shape index (κ1) is 20.6. The number of ketones is 1. The van der Waals surface area contributed by atoms with Crippen molar-refractivity contribution in [2.75, 3.05) is 6.61 Å². The summed E-state index contributed by atoms with van der Waals surface area (Å²) in [5.41, 5.74) is 0. The number of ether oxygens (including phenoxy) is 2. The third-order valence-corrected chi connectivity index (χ3v) is 9.48. The Hall–Kier alpha value is -0.493. The van der Waals surface area contributed by atoms with Gasteiger partial charge in [-0.05, 0) is 32.0 Å². The van der Waals surface area contributed by atoms with Gasteiger partial charge in [-0.3, -0.25) is 4.79 Å². The van der Waals surface area contributed by atoms with Crippen LogP contribution in [-0.2, 0) is 18.7 Å². The van der Waals surface area contributed by atoms with Gasteiger partial charge < -0.3 is 13.9 Å². The van der Waals surface area contributed by atoms with Crippen molar-refractivity contribution in [2.45, 2.75) is 84.1 Å². The van der Waals surface area contributed by atoms with Gasteiger partial charge in [-0.2, -0.15) is 0 Å². The maximum atomic E-state index is 12.2. The SMILES string of the molecule is C=CCC(=O)[C@H](C)[C@H]1OC(C)(C)O[C@H]1CO[Si](C)(C)C(C)(C)C. The van der Waals surface area contributed by atoms with Crippen LogP contribution in [0.15, 0.2) is 12.7 Å². The number of hydrogen-bond acceptors (Lipinski definition) is 4. The highest BCUT2D eigenvalue weighted by molar-refractivity contribution is 6.74. The van der Waals surface area contributed by atoms with E-state index in [2.05, 4.69) is 40.4 Å². The minimum absolute atomic E-state index is 0.128. The predicted octanol–water partition coefficient (Wildman–Crippen LogP) is 4.31. The lowest BCUT2D eigenvalue weighted by molar-refractivity contribution is -0.154. The summed E-state index contributed by atoms with van der Waals surface area (Å²) in [4.78, 5) is 12.2. The van der Waals surface area contributed by atoms with E-state index < -0.39 is 14.1 Å². The van der Waals surface area contributed by atoms with Gasteiger partial charge in [0.1, 0.15) is 11.9 Å². The molecule has 1 heterocycles. The zero-order valence-electron chi connectivity index (χ0n) is 16.1. The Morgan fingerprint density at radius 1 is 1.35 bits per heavy atom. The molecule has 1 aliphatic rings. The Morgan fingerprint density at radius 2 is 1.91 bits per heavy atom. The summed E-state index contributed by atoms with van der Waals surface area (Å²) >= 11 is 0. The van der Waals surface area contributed by atoms with Crippen LogP contribution in [0.2, 0.25) is 18.1 Å². The molecule has 0 saturated carbocycles. The first-order valence-electron chi connectivity index (χ1n) is 8.44. The summed E-state index contributed by atoms with van der Waals surface area (Å²) < 4.78 is 18.3. The minimum Gasteiger partial charge on any atom is -0.414 e. The molecule has 1 saturated heterocycles. The summed E-state index contributed by atoms with van der Waals surface area (Å²) in [6.07, 6.45) is 1.50. The number of carbonyl (C=O) groups excluding carboxylic acids is 1. The van der Waals surface area contributed by atoms with Gasteiger partial charge in [-0.15, -0.1) is 6.58 Å². The van der Waals surface area contributed by atoms with E-state index >= 15 is 0 Å². The average Bonchev–Trinajstić information content (AvgIpc) is 2.70. The minimum atomic E-state index is -1.86. The molecular weight excluding hydrogens is 308 g/mol. The second-order valence-electron chi connectivity index (χ2n) is 8.46. The van der Waals surface area contributed by atoms with Crippen molar-refractivity contribution in [1.29, 1.82) is 0 Å². The van der Waals surface area contributed by atoms with Crippen LogP contribution in [0.3, 0.4) is 0 Å². The zero-order valence-corrected chi connectivity index (χ0v) is 17.1. The largest absolute Gasteiger partial charge is 0.414 e. The molecule has 1 fully saturated rings. The van der Waals surface area contributed by atoms with Crippen molar-refractivity contribution in [2.24, 2.45) is 5.92 Å². The fraction of sp³-hybridized carbons (Fsp3) is 0.833. The highest BCUT2D eigenvalue weighted by atomic mass is 28.4. The van der Waals surface area contributed by atoms with Gasteiger partial charge >= 0.3 is 0 Å². The zero-order chi connectivity index (χ0) is 18.1. The molecule has 0 aromatic heterocycles. The summed E-state index contributed by atoms with van der Waals surface area (Å²) in [6, 6.07) is 0. The molecule has 3 atom stereocenters.